The summed E-state index contributed by atoms with van der Waals surface area (Å²) in [6, 6.07) is 84.6. The van der Waals surface area contributed by atoms with E-state index in [1.807, 2.05) is 48.5 Å². The van der Waals surface area contributed by atoms with Crippen LogP contribution in [0.3, 0.4) is 0 Å². The van der Waals surface area contributed by atoms with Crippen LogP contribution in [0.5, 0.6) is 57.5 Å². The molecule has 0 spiro atoms. The fraction of sp³-hybridized carbons (Fsp3) is 0.161. The maximum absolute atomic E-state index is 14.4. The van der Waals surface area contributed by atoms with Crippen LogP contribution in [0, 0.1) is 11.8 Å². The minimum absolute atomic E-state index is 0.00549. The lowest BCUT2D eigenvalue weighted by molar-refractivity contribution is -0.101. The number of rotatable bonds is 26. The molecule has 109 heavy (non-hydrogen) atoms. The molecule has 16 heteroatoms. The number of sulfone groups is 2. The second-order valence-electron chi connectivity index (χ2n) is 28.7. The van der Waals surface area contributed by atoms with Gasteiger partial charge >= 0.3 is 5.97 Å². The van der Waals surface area contributed by atoms with Crippen LogP contribution in [0.1, 0.15) is 111 Å². The van der Waals surface area contributed by atoms with Crippen LogP contribution < -0.4 is 38.5 Å². The predicted octanol–water partition coefficient (Wildman–Crippen LogP) is 20.7. The molecule has 544 valence electrons. The monoisotopic (exact) mass is 1480 g/mol. The third kappa shape index (κ3) is 13.7. The minimum Gasteiger partial charge on any atom is -0.497 e. The quantitative estimate of drug-likeness (QED) is 0.0125. The minimum atomic E-state index is -4.13. The first-order valence-corrected chi connectivity index (χ1v) is 39.2. The fourth-order valence-corrected chi connectivity index (χ4v) is 19.9. The van der Waals surface area contributed by atoms with E-state index in [2.05, 4.69) is 110 Å². The molecule has 2 unspecified atom stereocenters. The Labute approximate surface area is 634 Å². The van der Waals surface area contributed by atoms with E-state index >= 15 is 0 Å². The molecule has 0 radical (unpaired) electrons. The zero-order valence-electron chi connectivity index (χ0n) is 60.0. The Bertz CT molecular complexity index is 5620. The molecule has 12 aromatic carbocycles. The number of Topliss-reactive ketones (excluding diaryl/α,β-unsaturated/α-hetero) is 1. The summed E-state index contributed by atoms with van der Waals surface area (Å²) < 4.78 is 79.2. The van der Waals surface area contributed by atoms with E-state index in [0.29, 0.717) is 74.5 Å². The molecule has 4 bridgehead atoms. The lowest BCUT2D eigenvalue weighted by Crippen LogP contribution is -2.55. The van der Waals surface area contributed by atoms with Gasteiger partial charge in [-0.25, -0.2) is 21.6 Å². The number of benzene rings is 12. The van der Waals surface area contributed by atoms with Crippen molar-refractivity contribution >= 4 is 31.4 Å². The van der Waals surface area contributed by atoms with Gasteiger partial charge in [0.15, 0.2) is 28.8 Å². The van der Waals surface area contributed by atoms with Crippen LogP contribution in [0.4, 0.5) is 0 Å². The summed E-state index contributed by atoms with van der Waals surface area (Å²) in [6.45, 7) is 9.27. The van der Waals surface area contributed by atoms with Crippen molar-refractivity contribution < 1.29 is 64.9 Å². The van der Waals surface area contributed by atoms with Gasteiger partial charge in [-0.3, -0.25) is 24.3 Å². The van der Waals surface area contributed by atoms with Crippen molar-refractivity contribution in [3.63, 3.8) is 0 Å². The number of hydrogen-bond donors (Lipinski definition) is 0. The Balaban J connectivity index is 0.534. The first-order chi connectivity index (χ1) is 52.9. The third-order valence-electron chi connectivity index (χ3n) is 21.9. The van der Waals surface area contributed by atoms with E-state index in [0.717, 1.165) is 49.0 Å². The number of allylic oxidation sites excluding steroid dienone is 2. The first kappa shape index (κ1) is 71.0. The highest BCUT2D eigenvalue weighted by Gasteiger charge is 2.59. The maximum atomic E-state index is 14.4. The van der Waals surface area contributed by atoms with Gasteiger partial charge in [-0.2, -0.15) is 0 Å². The van der Waals surface area contributed by atoms with E-state index < -0.39 is 31.1 Å². The van der Waals surface area contributed by atoms with Crippen LogP contribution in [-0.4, -0.2) is 35.7 Å². The van der Waals surface area contributed by atoms with Crippen molar-refractivity contribution in [2.24, 2.45) is 11.8 Å². The summed E-state index contributed by atoms with van der Waals surface area (Å²) in [6.07, 6.45) is 10.6. The lowest BCUT2D eigenvalue weighted by atomic mass is 9.42. The topological polar surface area (TPSA) is 176 Å². The average molecular weight is 1480 g/mol. The molecule has 4 saturated carbocycles. The summed E-state index contributed by atoms with van der Waals surface area (Å²) in [5, 5.41) is 0. The highest BCUT2D eigenvalue weighted by Crippen LogP contribution is 2.66. The summed E-state index contributed by atoms with van der Waals surface area (Å²) in [4.78, 5) is 49.5. The van der Waals surface area contributed by atoms with Gasteiger partial charge in [-0.15, -0.1) is 13.2 Å². The third-order valence-corrected chi connectivity index (χ3v) is 25.5. The number of hydrogen-bond acceptors (Lipinski definition) is 14. The second kappa shape index (κ2) is 29.1. The molecule has 5 aliphatic carbocycles. The molecule has 2 atom stereocenters. The zero-order chi connectivity index (χ0) is 75.1. The smallest absolute Gasteiger partial charge is 0.343 e. The first-order valence-electron chi connectivity index (χ1n) is 36.2. The van der Waals surface area contributed by atoms with E-state index in [1.165, 1.54) is 120 Å². The molecule has 0 aromatic heterocycles. The van der Waals surface area contributed by atoms with E-state index in [4.69, 9.17) is 38.5 Å². The van der Waals surface area contributed by atoms with Crippen molar-refractivity contribution in [2.45, 2.75) is 94.1 Å². The Morgan fingerprint density at radius 2 is 0.761 bits per heavy atom. The van der Waals surface area contributed by atoms with Gasteiger partial charge in [0.2, 0.25) is 19.7 Å². The van der Waals surface area contributed by atoms with Crippen LogP contribution in [0.25, 0.3) is 11.1 Å². The number of carbonyl (C=O) groups is 2. The second-order valence-corrected chi connectivity index (χ2v) is 32.6. The highest BCUT2D eigenvalue weighted by molar-refractivity contribution is 7.91. The molecule has 4 fully saturated rings. The van der Waals surface area contributed by atoms with Gasteiger partial charge in [0, 0.05) is 11.1 Å². The zero-order valence-corrected chi connectivity index (χ0v) is 61.6. The molecule has 17 rings (SSSR count). The summed E-state index contributed by atoms with van der Waals surface area (Å²) in [5.74, 6) is 5.12. The molecule has 5 aliphatic rings. The molecular formula is C93H76O14S2. The van der Waals surface area contributed by atoms with Gasteiger partial charge in [0.25, 0.3) is 0 Å². The molecule has 12 aromatic rings. The van der Waals surface area contributed by atoms with Crippen LogP contribution in [0.2, 0.25) is 0 Å². The SMILES string of the molecule is C=CCc1cc(S(=O)(=O)c2ccc(OC(=O)c3ccc(Oc4ccc(S(=O)(=O)c5ccc(Oc6ccc(C(C)=O)cc6)cc5)cc4)cc3)c(CC=C)c2)ccc1OOc1ccc(C23CC4CC(CC(c5ccc(OOc6ccc(C7(c8ccc(OC)cc8)c8ccccc8-c8ccccc87)cc6)cc5)(C4)C2)C3)cc1. The van der Waals surface area contributed by atoms with Crippen molar-refractivity contribution in [3.05, 3.63) is 360 Å². The number of ketones is 1. The van der Waals surface area contributed by atoms with Gasteiger partial charge < -0.3 is 18.9 Å². The predicted molar refractivity (Wildman–Crippen MR) is 416 cm³/mol. The molecular weight excluding hydrogens is 1410 g/mol. The van der Waals surface area contributed by atoms with Crippen molar-refractivity contribution in [1.29, 1.82) is 0 Å². The maximum Gasteiger partial charge on any atom is 0.343 e. The van der Waals surface area contributed by atoms with Crippen molar-refractivity contribution in [1.82, 2.24) is 0 Å². The lowest BCUT2D eigenvalue weighted by Gasteiger charge is -2.62. The van der Waals surface area contributed by atoms with Crippen LogP contribution in [-0.2, 0) is 48.8 Å². The number of esters is 1. The number of fused-ring (bicyclic) bond motifs is 3. The molecule has 0 saturated heterocycles. The van der Waals surface area contributed by atoms with E-state index in [1.54, 1.807) is 79.9 Å². The van der Waals surface area contributed by atoms with Gasteiger partial charge in [-0.05, 0) is 313 Å². The largest absolute Gasteiger partial charge is 0.497 e. The number of methoxy groups -OCH3 is 1. The van der Waals surface area contributed by atoms with Crippen LogP contribution >= 0.6 is 0 Å². The fourth-order valence-electron chi connectivity index (χ4n) is 17.2. The van der Waals surface area contributed by atoms with Gasteiger partial charge in [0.1, 0.15) is 34.5 Å². The Hall–Kier alpha value is -12.2. The van der Waals surface area contributed by atoms with Gasteiger partial charge in [-0.1, -0.05) is 109 Å². The number of ether oxygens (including phenoxy) is 4. The van der Waals surface area contributed by atoms with Gasteiger partial charge in [0.05, 0.1) is 37.7 Å². The standard InChI is InChI=1S/C93H76O14S2/c1-5-11-66-54-82(49-51-88(66)103-90(95)65-19-31-74(32-20-65)102-76-43-47-81(48-44-76)108(96,97)80-45-41-75(42-46-80)101-73-29-17-64(18-30-73)61(3)94)109(98,99)83-50-52-89(67(55-83)12-6-2)107-106-79-37-23-69(24-38-79)92-58-62-53-63(59-92)57-91(56-62,60-92)68-21-35-77(36-22-68)104-105-78-39-27-71(28-40-78)93(70-25-33-72(100-4)34-26-70)86-15-9-7-13-84(86)85-14-8-10-16-87(85)93/h5-10,13-52,54-55,62-63H,1-2,11-12,53,56-60H2,3-4H3. The van der Waals surface area contributed by atoms with Crippen molar-refractivity contribution in [2.75, 3.05) is 7.11 Å². The molecule has 0 heterocycles. The van der Waals surface area contributed by atoms with Crippen LogP contribution in [0.15, 0.2) is 324 Å². The summed E-state index contributed by atoms with van der Waals surface area (Å²) in [5.41, 5.74) is 11.0. The summed E-state index contributed by atoms with van der Waals surface area (Å²) >= 11 is 0. The summed E-state index contributed by atoms with van der Waals surface area (Å²) in [7, 11) is -6.33. The molecule has 0 N–H and O–H groups in total. The van der Waals surface area contributed by atoms with E-state index in [-0.39, 0.29) is 60.3 Å². The Morgan fingerprint density at radius 3 is 1.19 bits per heavy atom. The molecule has 0 amide bonds. The molecule has 14 nitrogen and oxygen atoms in total. The normalized spacial score (nSPS) is 17.7. The Morgan fingerprint density at radius 1 is 0.404 bits per heavy atom. The van der Waals surface area contributed by atoms with Crippen molar-refractivity contribution in [3.8, 4) is 68.6 Å². The highest BCUT2D eigenvalue weighted by atomic mass is 32.2. The Kier molecular flexibility index (Phi) is 19.0. The molecule has 0 aliphatic heterocycles. The number of carbonyl (C=O) groups excluding carboxylic acids is 2. The average Bonchev–Trinajstić information content (AvgIpc) is 1.68. The van der Waals surface area contributed by atoms with E-state index in [9.17, 15) is 26.4 Å².